The van der Waals surface area contributed by atoms with Crippen molar-refractivity contribution in [1.82, 2.24) is 0 Å². The summed E-state index contributed by atoms with van der Waals surface area (Å²) in [7, 11) is 0. The predicted octanol–water partition coefficient (Wildman–Crippen LogP) is 13.0. The van der Waals surface area contributed by atoms with Gasteiger partial charge in [0.1, 0.15) is 47.0 Å². The van der Waals surface area contributed by atoms with Crippen molar-refractivity contribution < 1.29 is 50.8 Å². The van der Waals surface area contributed by atoms with Crippen LogP contribution < -0.4 is 0 Å². The second kappa shape index (κ2) is 62.4. The van der Waals surface area contributed by atoms with Crippen molar-refractivity contribution in [3.8, 4) is 40.2 Å². The number of aromatic hydroxyl groups is 7. The van der Waals surface area contributed by atoms with Crippen molar-refractivity contribution in [2.45, 2.75) is 61.8 Å². The zero-order valence-corrected chi connectivity index (χ0v) is 39.0. The maximum atomic E-state index is 8.63. The minimum atomic E-state index is 0.250. The maximum Gasteiger partial charge on any atom is 0.115 e. The molecular formula is C54H76O10. The van der Waals surface area contributed by atoms with Crippen LogP contribution in [-0.2, 0) is 4.79 Å². The minimum Gasteiger partial charge on any atom is -0.508 e. The number of benzene rings is 7. The Hall–Kier alpha value is -7.27. The fraction of sp³-hybridized carbons (Fsp3) is 0.204. The van der Waals surface area contributed by atoms with E-state index in [1.807, 2.05) is 76.9 Å². The molecule has 0 spiro atoms. The van der Waals surface area contributed by atoms with Gasteiger partial charge in [0.05, 0.1) is 0 Å². The van der Waals surface area contributed by atoms with E-state index in [0.29, 0.717) is 40.2 Å². The van der Waals surface area contributed by atoms with E-state index in [1.165, 1.54) is 6.42 Å². The van der Waals surface area contributed by atoms with Gasteiger partial charge in [-0.1, -0.05) is 175 Å². The first kappa shape index (κ1) is 68.5. The summed E-state index contributed by atoms with van der Waals surface area (Å²) in [5, 5.41) is 75.6. The first-order valence-electron chi connectivity index (χ1n) is 20.7. The fourth-order valence-electron chi connectivity index (χ4n) is 3.00. The van der Waals surface area contributed by atoms with Gasteiger partial charge >= 0.3 is 0 Å². The second-order valence-electron chi connectivity index (χ2n) is 10.7. The lowest BCUT2D eigenvalue weighted by Gasteiger charge is -1.82. The number of aliphatic hydroxyl groups is 2. The summed E-state index contributed by atoms with van der Waals surface area (Å²) in [6, 6.07) is 61.0. The Morgan fingerprint density at radius 3 is 0.359 bits per heavy atom. The van der Waals surface area contributed by atoms with Crippen molar-refractivity contribution in [3.63, 3.8) is 0 Å². The molecule has 0 amide bonds. The van der Waals surface area contributed by atoms with Crippen LogP contribution in [0.4, 0.5) is 0 Å². The number of rotatable bonds is 0. The molecule has 352 valence electrons. The largest absolute Gasteiger partial charge is 0.508 e. The van der Waals surface area contributed by atoms with Crippen LogP contribution in [-0.4, -0.2) is 66.0 Å². The Kier molecular flexibility index (Phi) is 66.7. The number of carbonyl (C=O) groups excluding carboxylic acids is 1. The van der Waals surface area contributed by atoms with Gasteiger partial charge in [0.15, 0.2) is 0 Å². The third-order valence-corrected chi connectivity index (χ3v) is 5.29. The van der Waals surface area contributed by atoms with Crippen molar-refractivity contribution in [2.24, 2.45) is 0 Å². The van der Waals surface area contributed by atoms with Gasteiger partial charge in [-0.15, -0.1) is 0 Å². The average Bonchev–Trinajstić information content (AvgIpc) is 3.32. The van der Waals surface area contributed by atoms with E-state index in [9.17, 15) is 0 Å². The summed E-state index contributed by atoms with van der Waals surface area (Å²) >= 11 is 0. The summed E-state index contributed by atoms with van der Waals surface area (Å²) in [6.07, 6.45) is 1.25. The van der Waals surface area contributed by atoms with Gasteiger partial charge in [0.25, 0.3) is 0 Å². The number of hydrogen-bond acceptors (Lipinski definition) is 10. The molecule has 0 atom stereocenters. The molecule has 0 bridgehead atoms. The van der Waals surface area contributed by atoms with Crippen LogP contribution in [0.2, 0.25) is 0 Å². The minimum absolute atomic E-state index is 0.250. The number of aliphatic hydroxyl groups excluding tert-OH is 2. The Morgan fingerprint density at radius 2 is 0.328 bits per heavy atom. The zero-order valence-electron chi connectivity index (χ0n) is 39.0. The highest BCUT2D eigenvalue weighted by Gasteiger charge is 1.78. The molecule has 0 saturated carbocycles. The van der Waals surface area contributed by atoms with Crippen molar-refractivity contribution in [1.29, 1.82) is 0 Å². The van der Waals surface area contributed by atoms with Crippen LogP contribution in [0.1, 0.15) is 61.8 Å². The molecule has 7 rings (SSSR count). The second-order valence-corrected chi connectivity index (χ2v) is 10.7. The van der Waals surface area contributed by atoms with E-state index in [0.717, 1.165) is 0 Å². The summed E-state index contributed by atoms with van der Waals surface area (Å²) < 4.78 is 0. The molecule has 7 aromatic carbocycles. The van der Waals surface area contributed by atoms with Crippen molar-refractivity contribution >= 4 is 6.79 Å². The Labute approximate surface area is 384 Å². The molecule has 7 aromatic rings. The number of phenols is 7. The van der Waals surface area contributed by atoms with E-state index < -0.39 is 0 Å². The number of hydrogen-bond donors (Lipinski definition) is 9. The lowest BCUT2D eigenvalue weighted by Crippen LogP contribution is -1.57. The van der Waals surface area contributed by atoms with Crippen LogP contribution in [0, 0.1) is 0 Å². The number of phenolic OH excluding ortho intramolecular Hbond substituents is 7. The van der Waals surface area contributed by atoms with Crippen LogP contribution in [0.5, 0.6) is 40.2 Å². The van der Waals surface area contributed by atoms with Crippen LogP contribution in [0.15, 0.2) is 212 Å². The lowest BCUT2D eigenvalue weighted by molar-refractivity contribution is -0.0980. The SMILES string of the molecule is C=O.CC.CC.CCC.CCO.CCO.Oc1ccccc1.Oc1ccccc1.Oc1ccccc1.Oc1ccccc1.Oc1ccccc1.Oc1ccccc1.Oc1ccccc1. The highest BCUT2D eigenvalue weighted by molar-refractivity contribution is 5.22. The molecule has 10 nitrogen and oxygen atoms in total. The summed E-state index contributed by atoms with van der Waals surface area (Å²) in [5.41, 5.74) is 0. The molecule has 0 aliphatic carbocycles. The molecule has 10 heteroatoms. The van der Waals surface area contributed by atoms with Gasteiger partial charge in [0.2, 0.25) is 0 Å². The molecule has 0 aliphatic heterocycles. The molecule has 0 unspecified atom stereocenters. The Bertz CT molecular complexity index is 1380. The molecule has 0 saturated heterocycles. The summed E-state index contributed by atoms with van der Waals surface area (Å²) in [5.74, 6) is 2.25. The quantitative estimate of drug-likeness (QED) is 0.0706. The summed E-state index contributed by atoms with van der Waals surface area (Å²) in [4.78, 5) is 8.00. The van der Waals surface area contributed by atoms with E-state index in [-0.39, 0.29) is 13.2 Å². The first-order chi connectivity index (χ1) is 31.0. The van der Waals surface area contributed by atoms with Crippen LogP contribution >= 0.6 is 0 Å². The molecule has 0 aromatic heterocycles. The number of carbonyl (C=O) groups is 1. The highest BCUT2D eigenvalue weighted by Crippen LogP contribution is 2.06. The maximum absolute atomic E-state index is 8.63. The standard InChI is InChI=1S/7C6H6O.C3H8.2C2H6O.2C2H6.CH2O/c7*7-6-4-2-1-3-5-6;1-3-2;2*1-2-3;3*1-2/h7*1-5,7H;3H2,1-2H3;2*3H,2H2,1H3;2*1-2H3;1H2. The highest BCUT2D eigenvalue weighted by atomic mass is 16.3. The third-order valence-electron chi connectivity index (χ3n) is 5.29. The molecule has 0 radical (unpaired) electrons. The normalized spacial score (nSPS) is 7.66. The predicted molar refractivity (Wildman–Crippen MR) is 268 cm³/mol. The molecule has 0 aliphatic rings. The fourth-order valence-corrected chi connectivity index (χ4v) is 3.00. The van der Waals surface area contributed by atoms with Gasteiger partial charge in [-0.25, -0.2) is 0 Å². The van der Waals surface area contributed by atoms with Gasteiger partial charge in [-0.3, -0.25) is 0 Å². The van der Waals surface area contributed by atoms with Crippen molar-refractivity contribution in [3.05, 3.63) is 212 Å². The molecule has 0 fully saturated rings. The average molecular weight is 885 g/mol. The molecule has 9 N–H and O–H groups in total. The topological polar surface area (TPSA) is 199 Å². The van der Waals surface area contributed by atoms with E-state index in [4.69, 9.17) is 50.8 Å². The molecule has 0 heterocycles. The van der Waals surface area contributed by atoms with Gasteiger partial charge in [-0.05, 0) is 98.8 Å². The van der Waals surface area contributed by atoms with Crippen LogP contribution in [0.25, 0.3) is 0 Å². The Morgan fingerprint density at radius 1 is 0.266 bits per heavy atom. The molecule has 64 heavy (non-hydrogen) atoms. The van der Waals surface area contributed by atoms with E-state index >= 15 is 0 Å². The smallest absolute Gasteiger partial charge is 0.115 e. The number of para-hydroxylation sites is 7. The van der Waals surface area contributed by atoms with Crippen LogP contribution in [0.3, 0.4) is 0 Å². The lowest BCUT2D eigenvalue weighted by atomic mass is 10.3. The van der Waals surface area contributed by atoms with Gasteiger partial charge in [-0.2, -0.15) is 0 Å². The van der Waals surface area contributed by atoms with E-state index in [2.05, 4.69) is 13.8 Å². The molecular weight excluding hydrogens is 809 g/mol. The van der Waals surface area contributed by atoms with Gasteiger partial charge < -0.3 is 50.8 Å². The zero-order chi connectivity index (χ0) is 49.9. The summed E-state index contributed by atoms with van der Waals surface area (Å²) in [6.45, 7) is 18.1. The monoisotopic (exact) mass is 885 g/mol. The van der Waals surface area contributed by atoms with Gasteiger partial charge in [0, 0.05) is 13.2 Å². The Balaban J connectivity index is -0.000000146. The third kappa shape index (κ3) is 66.5. The first-order valence-corrected chi connectivity index (χ1v) is 20.7. The van der Waals surface area contributed by atoms with E-state index in [1.54, 1.807) is 184 Å². The van der Waals surface area contributed by atoms with Crippen molar-refractivity contribution in [2.75, 3.05) is 13.2 Å².